The topological polar surface area (TPSA) is 87.2 Å². The van der Waals surface area contributed by atoms with Crippen LogP contribution in [-0.4, -0.2) is 21.6 Å². The standard InChI is InChI=1S/C18H16F2N4O2S/c1-8-10(3)27-18-16(8)17(26)21-14(22-18)7-15(25)24-23-9(2)12-6-11(19)4-5-13(12)20/h4-6H,7H2,1-3H3,(H,24,25)(H,21,22,26)/b23-9-. The molecule has 2 N–H and O–H groups in total. The molecule has 0 saturated heterocycles. The van der Waals surface area contributed by atoms with Crippen LogP contribution >= 0.6 is 11.3 Å². The maximum atomic E-state index is 13.7. The zero-order valence-electron chi connectivity index (χ0n) is 14.8. The lowest BCUT2D eigenvalue weighted by molar-refractivity contribution is -0.120. The fraction of sp³-hybridized carbons (Fsp3) is 0.222. The van der Waals surface area contributed by atoms with Gasteiger partial charge in [0.05, 0.1) is 17.5 Å². The largest absolute Gasteiger partial charge is 0.309 e. The summed E-state index contributed by atoms with van der Waals surface area (Å²) >= 11 is 1.39. The second-order valence-electron chi connectivity index (χ2n) is 6.01. The SMILES string of the molecule is C/C(=N/NC(=O)Cc1nc2sc(C)c(C)c2c(=O)[nH]1)c1cc(F)ccc1F. The molecule has 0 bridgehead atoms. The average molecular weight is 390 g/mol. The molecule has 0 unspecified atom stereocenters. The minimum absolute atomic E-state index is 0.0483. The predicted molar refractivity (Wildman–Crippen MR) is 100 cm³/mol. The van der Waals surface area contributed by atoms with Crippen LogP contribution in [0.2, 0.25) is 0 Å². The van der Waals surface area contributed by atoms with Crippen molar-refractivity contribution >= 4 is 33.2 Å². The first-order valence-electron chi connectivity index (χ1n) is 8.03. The Morgan fingerprint density at radius 2 is 2.07 bits per heavy atom. The van der Waals surface area contributed by atoms with Crippen molar-refractivity contribution in [1.29, 1.82) is 0 Å². The molecule has 27 heavy (non-hydrogen) atoms. The average Bonchev–Trinajstić information content (AvgIpc) is 2.89. The van der Waals surface area contributed by atoms with Crippen molar-refractivity contribution in [3.8, 4) is 0 Å². The van der Waals surface area contributed by atoms with Crippen LogP contribution in [0.3, 0.4) is 0 Å². The predicted octanol–water partition coefficient (Wildman–Crippen LogP) is 2.96. The summed E-state index contributed by atoms with van der Waals surface area (Å²) in [6, 6.07) is 2.98. The molecule has 0 fully saturated rings. The van der Waals surface area contributed by atoms with Gasteiger partial charge in [0, 0.05) is 10.4 Å². The monoisotopic (exact) mass is 390 g/mol. The molecule has 2 heterocycles. The van der Waals surface area contributed by atoms with Gasteiger partial charge in [-0.15, -0.1) is 11.3 Å². The molecule has 0 aliphatic rings. The van der Waals surface area contributed by atoms with E-state index in [4.69, 9.17) is 0 Å². The zero-order valence-corrected chi connectivity index (χ0v) is 15.6. The number of rotatable bonds is 4. The highest BCUT2D eigenvalue weighted by Gasteiger charge is 2.14. The van der Waals surface area contributed by atoms with E-state index < -0.39 is 17.5 Å². The van der Waals surface area contributed by atoms with E-state index in [0.29, 0.717) is 10.2 Å². The number of amides is 1. The number of fused-ring (bicyclic) bond motifs is 1. The van der Waals surface area contributed by atoms with E-state index in [0.717, 1.165) is 28.6 Å². The van der Waals surface area contributed by atoms with Crippen LogP contribution in [0, 0.1) is 25.5 Å². The first-order valence-corrected chi connectivity index (χ1v) is 8.85. The number of carbonyl (C=O) groups excluding carboxylic acids is 1. The number of thiophene rings is 1. The Hall–Kier alpha value is -2.94. The van der Waals surface area contributed by atoms with Gasteiger partial charge in [0.15, 0.2) is 0 Å². The van der Waals surface area contributed by atoms with E-state index in [1.54, 1.807) is 0 Å². The van der Waals surface area contributed by atoms with Crippen molar-refractivity contribution in [3.05, 3.63) is 62.0 Å². The molecule has 1 aromatic carbocycles. The van der Waals surface area contributed by atoms with Gasteiger partial charge in [-0.05, 0) is 44.5 Å². The Labute approximate surface area is 157 Å². The van der Waals surface area contributed by atoms with Crippen LogP contribution in [-0.2, 0) is 11.2 Å². The Bertz CT molecular complexity index is 1130. The Balaban J connectivity index is 1.77. The smallest absolute Gasteiger partial charge is 0.259 e. The summed E-state index contributed by atoms with van der Waals surface area (Å²) in [4.78, 5) is 32.7. The van der Waals surface area contributed by atoms with Gasteiger partial charge in [0.2, 0.25) is 5.91 Å². The lowest BCUT2D eigenvalue weighted by atomic mass is 10.1. The van der Waals surface area contributed by atoms with Gasteiger partial charge in [-0.2, -0.15) is 5.10 Å². The number of aromatic nitrogens is 2. The van der Waals surface area contributed by atoms with Crippen LogP contribution in [0.1, 0.15) is 28.8 Å². The zero-order chi connectivity index (χ0) is 19.7. The molecule has 2 aromatic heterocycles. The van der Waals surface area contributed by atoms with Crippen LogP contribution in [0.15, 0.2) is 28.1 Å². The van der Waals surface area contributed by atoms with E-state index in [1.165, 1.54) is 18.3 Å². The van der Waals surface area contributed by atoms with Gasteiger partial charge in [0.1, 0.15) is 22.3 Å². The summed E-state index contributed by atoms with van der Waals surface area (Å²) in [6.07, 6.45) is -0.205. The third kappa shape index (κ3) is 3.92. The van der Waals surface area contributed by atoms with E-state index in [1.807, 2.05) is 13.8 Å². The fourth-order valence-electron chi connectivity index (χ4n) is 2.56. The third-order valence-electron chi connectivity index (χ3n) is 4.08. The number of hydrogen-bond donors (Lipinski definition) is 2. The van der Waals surface area contributed by atoms with Gasteiger partial charge in [-0.3, -0.25) is 9.59 Å². The summed E-state index contributed by atoms with van der Waals surface area (Å²) in [5.74, 6) is -1.59. The van der Waals surface area contributed by atoms with E-state index in [9.17, 15) is 18.4 Å². The molecular weight excluding hydrogens is 374 g/mol. The van der Waals surface area contributed by atoms with Crippen molar-refractivity contribution in [2.45, 2.75) is 27.2 Å². The number of nitrogens with zero attached hydrogens (tertiary/aromatic N) is 2. The van der Waals surface area contributed by atoms with Crippen LogP contribution in [0.5, 0.6) is 0 Å². The number of hydrogen-bond acceptors (Lipinski definition) is 5. The van der Waals surface area contributed by atoms with Crippen LogP contribution in [0.25, 0.3) is 10.2 Å². The number of benzene rings is 1. The minimum Gasteiger partial charge on any atom is -0.309 e. The summed E-state index contributed by atoms with van der Waals surface area (Å²) in [5, 5.41) is 4.31. The summed E-state index contributed by atoms with van der Waals surface area (Å²) in [6.45, 7) is 5.19. The quantitative estimate of drug-likeness (QED) is 0.530. The molecule has 0 saturated carbocycles. The Morgan fingerprint density at radius 3 is 2.81 bits per heavy atom. The molecule has 9 heteroatoms. The molecule has 140 valence electrons. The molecule has 6 nitrogen and oxygen atoms in total. The molecule has 0 spiro atoms. The Morgan fingerprint density at radius 1 is 1.33 bits per heavy atom. The minimum atomic E-state index is -0.646. The molecule has 1 amide bonds. The van der Waals surface area contributed by atoms with Crippen LogP contribution < -0.4 is 11.0 Å². The first kappa shape index (κ1) is 18.8. The number of carbonyl (C=O) groups is 1. The molecule has 0 aliphatic carbocycles. The Kier molecular flexibility index (Phi) is 5.13. The van der Waals surface area contributed by atoms with Crippen molar-refractivity contribution in [1.82, 2.24) is 15.4 Å². The number of aromatic amines is 1. The normalized spacial score (nSPS) is 11.8. The second kappa shape index (κ2) is 7.36. The lowest BCUT2D eigenvalue weighted by Crippen LogP contribution is -2.24. The van der Waals surface area contributed by atoms with E-state index >= 15 is 0 Å². The van der Waals surface area contributed by atoms with Gasteiger partial charge < -0.3 is 4.98 Å². The van der Waals surface area contributed by atoms with Gasteiger partial charge in [0.25, 0.3) is 5.56 Å². The van der Waals surface area contributed by atoms with Crippen molar-refractivity contribution < 1.29 is 13.6 Å². The highest BCUT2D eigenvalue weighted by Crippen LogP contribution is 2.25. The van der Waals surface area contributed by atoms with Crippen molar-refractivity contribution in [2.75, 3.05) is 0 Å². The number of nitrogens with one attached hydrogen (secondary N) is 2. The molecule has 0 radical (unpaired) electrons. The molecular formula is C18H16F2N4O2S. The second-order valence-corrected chi connectivity index (χ2v) is 7.21. The number of hydrazone groups is 1. The first-order chi connectivity index (χ1) is 12.8. The van der Waals surface area contributed by atoms with Crippen LogP contribution in [0.4, 0.5) is 8.78 Å². The number of aryl methyl sites for hydroxylation is 2. The number of H-pyrrole nitrogens is 1. The maximum absolute atomic E-state index is 13.7. The lowest BCUT2D eigenvalue weighted by Gasteiger charge is -2.04. The van der Waals surface area contributed by atoms with Crippen molar-refractivity contribution in [2.24, 2.45) is 5.10 Å². The van der Waals surface area contributed by atoms with Gasteiger partial charge in [-0.1, -0.05) is 0 Å². The van der Waals surface area contributed by atoms with E-state index in [-0.39, 0.29) is 29.1 Å². The molecule has 0 aliphatic heterocycles. The third-order valence-corrected chi connectivity index (χ3v) is 5.18. The molecule has 3 rings (SSSR count). The summed E-state index contributed by atoms with van der Waals surface area (Å²) in [7, 11) is 0. The summed E-state index contributed by atoms with van der Waals surface area (Å²) < 4.78 is 26.9. The van der Waals surface area contributed by atoms with Crippen molar-refractivity contribution in [3.63, 3.8) is 0 Å². The van der Waals surface area contributed by atoms with Gasteiger partial charge in [-0.25, -0.2) is 19.2 Å². The highest BCUT2D eigenvalue weighted by atomic mass is 32.1. The highest BCUT2D eigenvalue weighted by molar-refractivity contribution is 7.18. The maximum Gasteiger partial charge on any atom is 0.259 e. The van der Waals surface area contributed by atoms with Gasteiger partial charge >= 0.3 is 0 Å². The molecule has 3 aromatic rings. The summed E-state index contributed by atoms with van der Waals surface area (Å²) in [5.41, 5.74) is 2.90. The molecule has 0 atom stereocenters. The van der Waals surface area contributed by atoms with E-state index in [2.05, 4.69) is 20.5 Å². The number of halogens is 2. The fourth-order valence-corrected chi connectivity index (χ4v) is 3.60.